The summed E-state index contributed by atoms with van der Waals surface area (Å²) in [4.78, 5) is 11.4. The van der Waals surface area contributed by atoms with E-state index >= 15 is 0 Å². The summed E-state index contributed by atoms with van der Waals surface area (Å²) in [6.45, 7) is -1.54. The molecule has 0 spiro atoms. The predicted molar refractivity (Wildman–Crippen MR) is 79.6 cm³/mol. The molecule has 1 amide bonds. The normalized spacial score (nSPS) is 11.4. The zero-order chi connectivity index (χ0) is 15.2. The monoisotopic (exact) mass is 342 g/mol. The molecule has 20 heavy (non-hydrogen) atoms. The number of nitrogens with one attached hydrogen (secondary N) is 1. The third kappa shape index (κ3) is 6.26. The summed E-state index contributed by atoms with van der Waals surface area (Å²) in [5.74, 6) is -2.97. The zero-order valence-electron chi connectivity index (χ0n) is 10.5. The highest BCUT2D eigenvalue weighted by atomic mass is 35.5. The number of alkyl halides is 2. The van der Waals surface area contributed by atoms with E-state index in [0.29, 0.717) is 15.8 Å². The molecule has 0 saturated heterocycles. The van der Waals surface area contributed by atoms with Crippen molar-refractivity contribution in [2.75, 3.05) is 18.8 Å². The van der Waals surface area contributed by atoms with Crippen LogP contribution >= 0.6 is 35.0 Å². The Bertz CT molecular complexity index is 475. The zero-order valence-corrected chi connectivity index (χ0v) is 12.8. The highest BCUT2D eigenvalue weighted by molar-refractivity contribution is 7.99. The van der Waals surface area contributed by atoms with Crippen LogP contribution < -0.4 is 11.1 Å². The molecule has 0 bridgehead atoms. The van der Waals surface area contributed by atoms with Crippen LogP contribution in [0.1, 0.15) is 5.56 Å². The van der Waals surface area contributed by atoms with Gasteiger partial charge in [-0.2, -0.15) is 0 Å². The quantitative estimate of drug-likeness (QED) is 0.800. The summed E-state index contributed by atoms with van der Waals surface area (Å²) in [5, 5.41) is 3.19. The van der Waals surface area contributed by atoms with Crippen molar-refractivity contribution >= 4 is 40.9 Å². The van der Waals surface area contributed by atoms with E-state index in [0.717, 1.165) is 5.56 Å². The van der Waals surface area contributed by atoms with Crippen LogP contribution in [0.25, 0.3) is 0 Å². The van der Waals surface area contributed by atoms with Crippen LogP contribution in [-0.4, -0.2) is 30.7 Å². The third-order valence-electron chi connectivity index (χ3n) is 2.35. The van der Waals surface area contributed by atoms with Crippen molar-refractivity contribution in [1.82, 2.24) is 5.32 Å². The number of rotatable bonds is 7. The van der Waals surface area contributed by atoms with Gasteiger partial charge in [0.1, 0.15) is 0 Å². The van der Waals surface area contributed by atoms with E-state index in [4.69, 9.17) is 28.9 Å². The molecule has 0 unspecified atom stereocenters. The SMILES string of the molecule is NCC(F)(F)CNC(=O)CSCc1ccc(Cl)cc1Cl. The van der Waals surface area contributed by atoms with Crippen molar-refractivity contribution in [1.29, 1.82) is 0 Å². The molecular weight excluding hydrogens is 329 g/mol. The summed E-state index contributed by atoms with van der Waals surface area (Å²) in [6, 6.07) is 5.07. The van der Waals surface area contributed by atoms with Gasteiger partial charge < -0.3 is 11.1 Å². The van der Waals surface area contributed by atoms with E-state index in [1.54, 1.807) is 18.2 Å². The Morgan fingerprint density at radius 2 is 2.10 bits per heavy atom. The minimum Gasteiger partial charge on any atom is -0.349 e. The molecule has 1 aromatic carbocycles. The van der Waals surface area contributed by atoms with Gasteiger partial charge in [-0.25, -0.2) is 8.78 Å². The minimum absolute atomic E-state index is 0.0691. The number of nitrogens with two attached hydrogens (primary N) is 1. The second kappa shape index (κ2) is 8.02. The Morgan fingerprint density at radius 3 is 2.70 bits per heavy atom. The number of carbonyl (C=O) groups excluding carboxylic acids is 1. The fourth-order valence-corrected chi connectivity index (χ4v) is 2.66. The van der Waals surface area contributed by atoms with Gasteiger partial charge in [-0.15, -0.1) is 11.8 Å². The van der Waals surface area contributed by atoms with Gasteiger partial charge in [0.15, 0.2) is 0 Å². The van der Waals surface area contributed by atoms with Crippen molar-refractivity contribution in [2.45, 2.75) is 11.7 Å². The Hall–Kier alpha value is -0.560. The van der Waals surface area contributed by atoms with Gasteiger partial charge in [0, 0.05) is 15.8 Å². The summed E-state index contributed by atoms with van der Waals surface area (Å²) in [5.41, 5.74) is 5.70. The lowest BCUT2D eigenvalue weighted by molar-refractivity contribution is -0.120. The van der Waals surface area contributed by atoms with Crippen LogP contribution in [0.3, 0.4) is 0 Å². The number of halogens is 4. The molecule has 3 nitrogen and oxygen atoms in total. The van der Waals surface area contributed by atoms with E-state index in [9.17, 15) is 13.6 Å². The molecule has 3 N–H and O–H groups in total. The summed E-state index contributed by atoms with van der Waals surface area (Å²) in [7, 11) is 0. The van der Waals surface area contributed by atoms with Crippen molar-refractivity contribution < 1.29 is 13.6 Å². The molecule has 0 aliphatic heterocycles. The minimum atomic E-state index is -3.07. The molecule has 0 fully saturated rings. The van der Waals surface area contributed by atoms with Crippen LogP contribution in [0.4, 0.5) is 8.78 Å². The maximum Gasteiger partial charge on any atom is 0.277 e. The first-order valence-electron chi connectivity index (χ1n) is 5.70. The van der Waals surface area contributed by atoms with Gasteiger partial charge >= 0.3 is 0 Å². The van der Waals surface area contributed by atoms with Gasteiger partial charge in [0.25, 0.3) is 5.92 Å². The highest BCUT2D eigenvalue weighted by Crippen LogP contribution is 2.24. The molecule has 0 aromatic heterocycles. The Labute approximate surface area is 130 Å². The largest absolute Gasteiger partial charge is 0.349 e. The molecule has 0 saturated carbocycles. The van der Waals surface area contributed by atoms with Crippen molar-refractivity contribution in [3.63, 3.8) is 0 Å². The molecule has 0 aliphatic carbocycles. The second-order valence-corrected chi connectivity index (χ2v) is 5.89. The second-order valence-electron chi connectivity index (χ2n) is 4.07. The lowest BCUT2D eigenvalue weighted by atomic mass is 10.2. The van der Waals surface area contributed by atoms with Gasteiger partial charge in [0.2, 0.25) is 5.91 Å². The fraction of sp³-hybridized carbons (Fsp3) is 0.417. The Kier molecular flexibility index (Phi) is 7.02. The molecule has 112 valence electrons. The summed E-state index contributed by atoms with van der Waals surface area (Å²) in [6.07, 6.45) is 0. The standard InChI is InChI=1S/C12H14Cl2F2N2OS/c13-9-2-1-8(10(14)3-9)4-20-5-11(19)18-7-12(15,16)6-17/h1-3H,4-7,17H2,(H,18,19). The Balaban J connectivity index is 2.32. The van der Waals surface area contributed by atoms with Crippen LogP contribution in [0.5, 0.6) is 0 Å². The first-order chi connectivity index (χ1) is 9.34. The number of hydrogen-bond acceptors (Lipinski definition) is 3. The topological polar surface area (TPSA) is 55.1 Å². The van der Waals surface area contributed by atoms with E-state index in [2.05, 4.69) is 5.32 Å². The van der Waals surface area contributed by atoms with Crippen molar-refractivity contribution in [3.8, 4) is 0 Å². The number of benzene rings is 1. The van der Waals surface area contributed by atoms with Crippen LogP contribution in [0, 0.1) is 0 Å². The predicted octanol–water partition coefficient (Wildman–Crippen LogP) is 2.94. The van der Waals surface area contributed by atoms with Gasteiger partial charge in [-0.1, -0.05) is 29.3 Å². The molecule has 0 aliphatic rings. The lowest BCUT2D eigenvalue weighted by Crippen LogP contribution is -2.42. The van der Waals surface area contributed by atoms with E-state index in [-0.39, 0.29) is 5.75 Å². The summed E-state index contributed by atoms with van der Waals surface area (Å²) < 4.78 is 25.6. The molecule has 8 heteroatoms. The summed E-state index contributed by atoms with van der Waals surface area (Å²) >= 11 is 13.0. The molecule has 1 rings (SSSR count). The molecule has 0 heterocycles. The average molecular weight is 343 g/mol. The molecule has 1 aromatic rings. The maximum atomic E-state index is 12.8. The lowest BCUT2D eigenvalue weighted by Gasteiger charge is -2.14. The van der Waals surface area contributed by atoms with E-state index < -0.39 is 24.9 Å². The number of thioether (sulfide) groups is 1. The van der Waals surface area contributed by atoms with Crippen LogP contribution in [-0.2, 0) is 10.5 Å². The smallest absolute Gasteiger partial charge is 0.277 e. The molecule has 0 atom stereocenters. The maximum absolute atomic E-state index is 12.8. The first kappa shape index (κ1) is 17.5. The number of hydrogen-bond donors (Lipinski definition) is 2. The first-order valence-corrected chi connectivity index (χ1v) is 7.61. The van der Waals surface area contributed by atoms with Crippen molar-refractivity contribution in [2.24, 2.45) is 5.73 Å². The average Bonchev–Trinajstić information content (AvgIpc) is 2.39. The van der Waals surface area contributed by atoms with Crippen LogP contribution in [0.15, 0.2) is 18.2 Å². The molecule has 0 radical (unpaired) electrons. The van der Waals surface area contributed by atoms with Gasteiger partial charge in [-0.05, 0) is 17.7 Å². The number of carbonyl (C=O) groups is 1. The number of amides is 1. The van der Waals surface area contributed by atoms with Crippen LogP contribution in [0.2, 0.25) is 10.0 Å². The van der Waals surface area contributed by atoms with E-state index in [1.807, 2.05) is 0 Å². The molecular formula is C12H14Cl2F2N2OS. The van der Waals surface area contributed by atoms with Crippen molar-refractivity contribution in [3.05, 3.63) is 33.8 Å². The van der Waals surface area contributed by atoms with Gasteiger partial charge in [-0.3, -0.25) is 4.79 Å². The highest BCUT2D eigenvalue weighted by Gasteiger charge is 2.26. The van der Waals surface area contributed by atoms with Gasteiger partial charge in [0.05, 0.1) is 18.8 Å². The fourth-order valence-electron chi connectivity index (χ4n) is 1.24. The third-order valence-corrected chi connectivity index (χ3v) is 3.92. The Morgan fingerprint density at radius 1 is 1.40 bits per heavy atom. The van der Waals surface area contributed by atoms with E-state index in [1.165, 1.54) is 11.8 Å².